The molecule has 1 atom stereocenters. The summed E-state index contributed by atoms with van der Waals surface area (Å²) in [5.74, 6) is 0.448. The first-order chi connectivity index (χ1) is 7.31. The molecule has 3 heteroatoms. The monoisotopic (exact) mass is 205 g/mol. The molecule has 0 saturated heterocycles. The second-order valence-corrected chi connectivity index (χ2v) is 3.84. The van der Waals surface area contributed by atoms with Crippen LogP contribution in [-0.4, -0.2) is 26.2 Å². The summed E-state index contributed by atoms with van der Waals surface area (Å²) in [7, 11) is 1.53. The fourth-order valence-electron chi connectivity index (χ4n) is 1.96. The zero-order valence-electron chi connectivity index (χ0n) is 8.82. The first kappa shape index (κ1) is 10.2. The Morgan fingerprint density at radius 1 is 1.53 bits per heavy atom. The minimum atomic E-state index is -0.0399. The fraction of sp³-hybridized carbons (Fsp3) is 0.417. The number of benzene rings is 1. The molecule has 2 rings (SSSR count). The number of rotatable bonds is 4. The fourth-order valence-corrected chi connectivity index (χ4v) is 1.96. The van der Waals surface area contributed by atoms with Gasteiger partial charge in [0.1, 0.15) is 6.61 Å². The van der Waals surface area contributed by atoms with E-state index in [9.17, 15) is 4.79 Å². The molecule has 1 amide bonds. The third-order valence-corrected chi connectivity index (χ3v) is 2.78. The van der Waals surface area contributed by atoms with Gasteiger partial charge in [-0.3, -0.25) is 4.79 Å². The van der Waals surface area contributed by atoms with Crippen molar-refractivity contribution < 1.29 is 9.53 Å². The van der Waals surface area contributed by atoms with Gasteiger partial charge in [0.15, 0.2) is 0 Å². The Morgan fingerprint density at radius 2 is 2.33 bits per heavy atom. The van der Waals surface area contributed by atoms with Crippen LogP contribution in [0, 0.1) is 0 Å². The number of hydrogen-bond donors (Lipinski definition) is 1. The highest BCUT2D eigenvalue weighted by molar-refractivity contribution is 5.77. The van der Waals surface area contributed by atoms with Crippen molar-refractivity contribution in [3.63, 3.8) is 0 Å². The van der Waals surface area contributed by atoms with Crippen LogP contribution in [0.5, 0.6) is 0 Å². The number of carbonyl (C=O) groups is 1. The Labute approximate surface area is 89.4 Å². The highest BCUT2D eigenvalue weighted by Gasteiger charge is 2.25. The average Bonchev–Trinajstić information content (AvgIpc) is 2.20. The normalized spacial score (nSPS) is 17.8. The molecule has 0 bridgehead atoms. The van der Waals surface area contributed by atoms with Crippen LogP contribution in [0.3, 0.4) is 0 Å². The summed E-state index contributed by atoms with van der Waals surface area (Å²) in [6.45, 7) is 0.869. The molecule has 1 aliphatic rings. The number of methoxy groups -OCH3 is 1. The van der Waals surface area contributed by atoms with Crippen LogP contribution in [0.2, 0.25) is 0 Å². The minimum Gasteiger partial charge on any atom is -0.375 e. The van der Waals surface area contributed by atoms with Crippen molar-refractivity contribution in [1.29, 1.82) is 0 Å². The van der Waals surface area contributed by atoms with Gasteiger partial charge in [-0.25, -0.2) is 0 Å². The van der Waals surface area contributed by atoms with Gasteiger partial charge in [-0.15, -0.1) is 0 Å². The number of fused-ring (bicyclic) bond motifs is 1. The number of amides is 1. The molecule has 3 nitrogen and oxygen atoms in total. The predicted molar refractivity (Wildman–Crippen MR) is 57.8 cm³/mol. The summed E-state index contributed by atoms with van der Waals surface area (Å²) in [5.41, 5.74) is 2.78. The van der Waals surface area contributed by atoms with Gasteiger partial charge in [0.25, 0.3) is 0 Å². The second-order valence-electron chi connectivity index (χ2n) is 3.84. The molecular formula is C12H15NO2. The molecule has 0 radical (unpaired) electrons. The van der Waals surface area contributed by atoms with Crippen molar-refractivity contribution in [3.05, 3.63) is 35.4 Å². The zero-order valence-corrected chi connectivity index (χ0v) is 8.82. The van der Waals surface area contributed by atoms with Crippen molar-refractivity contribution in [2.24, 2.45) is 0 Å². The molecule has 0 aromatic heterocycles. The molecule has 1 aromatic carbocycles. The first-order valence-electron chi connectivity index (χ1n) is 5.14. The van der Waals surface area contributed by atoms with E-state index < -0.39 is 0 Å². The average molecular weight is 205 g/mol. The third kappa shape index (κ3) is 2.18. The molecule has 0 fully saturated rings. The predicted octanol–water partition coefficient (Wildman–Crippen LogP) is 1.09. The Kier molecular flexibility index (Phi) is 3.02. The molecule has 1 N–H and O–H groups in total. The smallest absolute Gasteiger partial charge is 0.246 e. The minimum absolute atomic E-state index is 0.0399. The molecule has 0 spiro atoms. The lowest BCUT2D eigenvalue weighted by atomic mass is 9.77. The summed E-state index contributed by atoms with van der Waals surface area (Å²) in [6.07, 6.45) is 1.07. The number of hydrogen-bond acceptors (Lipinski definition) is 2. The van der Waals surface area contributed by atoms with E-state index in [0.717, 1.165) is 13.0 Å². The second kappa shape index (κ2) is 4.45. The number of carbonyl (C=O) groups excluding carboxylic acids is 1. The third-order valence-electron chi connectivity index (χ3n) is 2.78. The van der Waals surface area contributed by atoms with Gasteiger partial charge in [0.05, 0.1) is 0 Å². The maximum atomic E-state index is 11.2. The molecular weight excluding hydrogens is 190 g/mol. The van der Waals surface area contributed by atoms with Crippen molar-refractivity contribution in [1.82, 2.24) is 5.32 Å². The van der Waals surface area contributed by atoms with Gasteiger partial charge in [-0.1, -0.05) is 24.3 Å². The zero-order chi connectivity index (χ0) is 10.7. The van der Waals surface area contributed by atoms with E-state index in [1.165, 1.54) is 18.2 Å². The van der Waals surface area contributed by atoms with Crippen LogP contribution in [0.4, 0.5) is 0 Å². The van der Waals surface area contributed by atoms with E-state index in [4.69, 9.17) is 4.74 Å². The summed E-state index contributed by atoms with van der Waals surface area (Å²) in [4.78, 5) is 11.2. The van der Waals surface area contributed by atoms with E-state index in [-0.39, 0.29) is 12.5 Å². The number of nitrogens with one attached hydrogen (secondary N) is 1. The highest BCUT2D eigenvalue weighted by Crippen LogP contribution is 2.33. The van der Waals surface area contributed by atoms with E-state index in [0.29, 0.717) is 5.92 Å². The Balaban J connectivity index is 1.82. The molecule has 1 unspecified atom stereocenters. The van der Waals surface area contributed by atoms with Crippen LogP contribution in [-0.2, 0) is 16.0 Å². The molecule has 1 aromatic rings. The topological polar surface area (TPSA) is 38.3 Å². The van der Waals surface area contributed by atoms with Crippen LogP contribution in [0.15, 0.2) is 24.3 Å². The van der Waals surface area contributed by atoms with E-state index in [1.54, 1.807) is 0 Å². The van der Waals surface area contributed by atoms with Crippen molar-refractivity contribution >= 4 is 5.91 Å². The largest absolute Gasteiger partial charge is 0.375 e. The highest BCUT2D eigenvalue weighted by atomic mass is 16.5. The van der Waals surface area contributed by atoms with Crippen molar-refractivity contribution in [3.8, 4) is 0 Å². The first-order valence-corrected chi connectivity index (χ1v) is 5.14. The van der Waals surface area contributed by atoms with Crippen molar-refractivity contribution in [2.75, 3.05) is 20.3 Å². The Bertz CT molecular complexity index is 362. The van der Waals surface area contributed by atoms with Gasteiger partial charge < -0.3 is 10.1 Å². The van der Waals surface area contributed by atoms with Crippen LogP contribution >= 0.6 is 0 Å². The van der Waals surface area contributed by atoms with Crippen LogP contribution < -0.4 is 5.32 Å². The number of ether oxygens (including phenoxy) is 1. The van der Waals surface area contributed by atoms with Crippen LogP contribution in [0.1, 0.15) is 17.0 Å². The molecule has 0 aliphatic heterocycles. The van der Waals surface area contributed by atoms with E-state index >= 15 is 0 Å². The molecule has 15 heavy (non-hydrogen) atoms. The lowest BCUT2D eigenvalue weighted by molar-refractivity contribution is -0.124. The van der Waals surface area contributed by atoms with Gasteiger partial charge in [0.2, 0.25) is 5.91 Å². The Hall–Kier alpha value is -1.35. The maximum Gasteiger partial charge on any atom is 0.246 e. The van der Waals surface area contributed by atoms with Crippen molar-refractivity contribution in [2.45, 2.75) is 12.3 Å². The SMILES string of the molecule is COCC(=O)NCC1Cc2ccccc21. The molecule has 1 aliphatic carbocycles. The lowest BCUT2D eigenvalue weighted by Crippen LogP contribution is -2.34. The van der Waals surface area contributed by atoms with E-state index in [1.807, 2.05) is 6.07 Å². The maximum absolute atomic E-state index is 11.2. The summed E-state index contributed by atoms with van der Waals surface area (Å²) >= 11 is 0. The molecule has 0 saturated carbocycles. The van der Waals surface area contributed by atoms with Gasteiger partial charge >= 0.3 is 0 Å². The van der Waals surface area contributed by atoms with Gasteiger partial charge in [-0.2, -0.15) is 0 Å². The van der Waals surface area contributed by atoms with E-state index in [2.05, 4.69) is 23.5 Å². The quantitative estimate of drug-likeness (QED) is 0.799. The van der Waals surface area contributed by atoms with Gasteiger partial charge in [-0.05, 0) is 17.5 Å². The summed E-state index contributed by atoms with van der Waals surface area (Å²) in [6, 6.07) is 8.37. The summed E-state index contributed by atoms with van der Waals surface area (Å²) in [5, 5.41) is 2.86. The lowest BCUT2D eigenvalue weighted by Gasteiger charge is -2.30. The van der Waals surface area contributed by atoms with Gasteiger partial charge in [0, 0.05) is 19.6 Å². The molecule has 0 heterocycles. The Morgan fingerprint density at radius 3 is 3.07 bits per heavy atom. The van der Waals surface area contributed by atoms with Crippen LogP contribution in [0.25, 0.3) is 0 Å². The summed E-state index contributed by atoms with van der Waals surface area (Å²) < 4.78 is 4.74. The standard InChI is InChI=1S/C12H15NO2/c1-15-8-12(14)13-7-10-6-9-4-2-3-5-11(9)10/h2-5,10H,6-8H2,1H3,(H,13,14). The molecule has 80 valence electrons.